The largest absolute Gasteiger partial charge is 0.480 e. The zero-order chi connectivity index (χ0) is 16.2. The molecule has 0 bridgehead atoms. The number of hydrogen-bond donors (Lipinski definition) is 2. The number of carbonyl (C=O) groups is 2. The van der Waals surface area contributed by atoms with Crippen molar-refractivity contribution >= 4 is 56.5 Å². The average Bonchev–Trinajstić information content (AvgIpc) is 2.73. The summed E-state index contributed by atoms with van der Waals surface area (Å²) in [5, 5.41) is 9.01. The summed E-state index contributed by atoms with van der Waals surface area (Å²) in [6.07, 6.45) is -0.495. The van der Waals surface area contributed by atoms with Crippen LogP contribution in [0.25, 0.3) is 0 Å². The molecule has 0 saturated carbocycles. The number of thiophene rings is 1. The van der Waals surface area contributed by atoms with Crippen LogP contribution >= 0.6 is 34.5 Å². The number of rotatable bonds is 7. The van der Waals surface area contributed by atoms with Crippen molar-refractivity contribution in [2.75, 3.05) is 7.11 Å². The summed E-state index contributed by atoms with van der Waals surface area (Å²) in [7, 11) is -3.01. The van der Waals surface area contributed by atoms with Crippen LogP contribution < -0.4 is 4.72 Å². The molecule has 0 spiro atoms. The Morgan fingerprint density at radius 2 is 2.10 bits per heavy atom. The number of halogens is 2. The van der Waals surface area contributed by atoms with Gasteiger partial charge in [-0.1, -0.05) is 23.2 Å². The summed E-state index contributed by atoms with van der Waals surface area (Å²) in [5.41, 5.74) is 0. The SMILES string of the molecule is COC(=O)CC[C@H](NS(=O)(=O)c1cc(Cl)sc1Cl)C(=O)O. The Morgan fingerprint density at radius 1 is 1.48 bits per heavy atom. The standard InChI is InChI=1S/C10H11Cl2NO6S2/c1-19-8(14)3-2-5(10(15)16)13-21(17,18)6-4-7(11)20-9(6)12/h4-5,13H,2-3H2,1H3,(H,15,16)/t5-/m0/s1. The summed E-state index contributed by atoms with van der Waals surface area (Å²) in [6.45, 7) is 0. The van der Waals surface area contributed by atoms with E-state index in [4.69, 9.17) is 28.3 Å². The predicted molar refractivity (Wildman–Crippen MR) is 77.3 cm³/mol. The van der Waals surface area contributed by atoms with E-state index in [0.717, 1.165) is 24.5 Å². The normalized spacial score (nSPS) is 12.9. The molecule has 0 aliphatic heterocycles. The van der Waals surface area contributed by atoms with E-state index < -0.39 is 28.0 Å². The molecule has 1 heterocycles. The highest BCUT2D eigenvalue weighted by Gasteiger charge is 2.28. The molecule has 1 aromatic heterocycles. The number of carboxylic acids is 1. The first-order valence-electron chi connectivity index (χ1n) is 5.44. The van der Waals surface area contributed by atoms with Crippen LogP contribution in [0.4, 0.5) is 0 Å². The lowest BCUT2D eigenvalue weighted by Gasteiger charge is -2.13. The molecule has 0 fully saturated rings. The minimum Gasteiger partial charge on any atom is -0.480 e. The molecule has 0 amide bonds. The molecule has 0 aromatic carbocycles. The maximum Gasteiger partial charge on any atom is 0.321 e. The number of aliphatic carboxylic acids is 1. The summed E-state index contributed by atoms with van der Waals surface area (Å²) in [5.74, 6) is -2.06. The minimum atomic E-state index is -4.16. The van der Waals surface area contributed by atoms with Crippen molar-refractivity contribution in [1.29, 1.82) is 0 Å². The number of esters is 1. The molecule has 0 unspecified atom stereocenters. The van der Waals surface area contributed by atoms with Crippen LogP contribution in [0.15, 0.2) is 11.0 Å². The zero-order valence-electron chi connectivity index (χ0n) is 10.6. The van der Waals surface area contributed by atoms with E-state index in [0.29, 0.717) is 0 Å². The molecule has 7 nitrogen and oxygen atoms in total. The van der Waals surface area contributed by atoms with Gasteiger partial charge in [0, 0.05) is 6.42 Å². The number of sulfonamides is 1. The van der Waals surface area contributed by atoms with Gasteiger partial charge in [-0.15, -0.1) is 11.3 Å². The van der Waals surface area contributed by atoms with E-state index in [2.05, 4.69) is 4.74 Å². The molecule has 118 valence electrons. The molecule has 21 heavy (non-hydrogen) atoms. The Balaban J connectivity index is 2.90. The van der Waals surface area contributed by atoms with Crippen LogP contribution in [0.1, 0.15) is 12.8 Å². The van der Waals surface area contributed by atoms with Gasteiger partial charge < -0.3 is 9.84 Å². The summed E-state index contributed by atoms with van der Waals surface area (Å²) in [4.78, 5) is 21.8. The van der Waals surface area contributed by atoms with E-state index in [1.807, 2.05) is 4.72 Å². The summed E-state index contributed by atoms with van der Waals surface area (Å²) >= 11 is 12.2. The third kappa shape index (κ3) is 5.11. The second-order valence-corrected chi connectivity index (χ2v) is 7.78. The average molecular weight is 376 g/mol. The number of methoxy groups -OCH3 is 1. The van der Waals surface area contributed by atoms with Crippen molar-refractivity contribution in [1.82, 2.24) is 4.72 Å². The van der Waals surface area contributed by atoms with Crippen LogP contribution in [0.2, 0.25) is 8.67 Å². The quantitative estimate of drug-likeness (QED) is 0.702. The van der Waals surface area contributed by atoms with Crippen molar-refractivity contribution in [3.63, 3.8) is 0 Å². The number of ether oxygens (including phenoxy) is 1. The van der Waals surface area contributed by atoms with E-state index in [1.165, 1.54) is 0 Å². The van der Waals surface area contributed by atoms with Gasteiger partial charge in [0.05, 0.1) is 11.4 Å². The summed E-state index contributed by atoms with van der Waals surface area (Å²) < 4.78 is 30.6. The topological polar surface area (TPSA) is 110 Å². The molecule has 11 heteroatoms. The van der Waals surface area contributed by atoms with Gasteiger partial charge in [0.15, 0.2) is 0 Å². The second kappa shape index (κ2) is 7.41. The highest BCUT2D eigenvalue weighted by atomic mass is 35.5. The highest BCUT2D eigenvalue weighted by Crippen LogP contribution is 2.34. The van der Waals surface area contributed by atoms with Crippen molar-refractivity contribution in [3.8, 4) is 0 Å². The van der Waals surface area contributed by atoms with Crippen molar-refractivity contribution < 1.29 is 27.9 Å². The predicted octanol–water partition coefficient (Wildman–Crippen LogP) is 1.74. The third-order valence-corrected chi connectivity index (χ3v) is 5.60. The van der Waals surface area contributed by atoms with Gasteiger partial charge in [0.2, 0.25) is 10.0 Å². The smallest absolute Gasteiger partial charge is 0.321 e. The first kappa shape index (κ1) is 18.2. The minimum absolute atomic E-state index is 0.0791. The van der Waals surface area contributed by atoms with Gasteiger partial charge in [0.25, 0.3) is 0 Å². The van der Waals surface area contributed by atoms with Crippen molar-refractivity contribution in [2.24, 2.45) is 0 Å². The third-order valence-electron chi connectivity index (χ3n) is 2.38. The zero-order valence-corrected chi connectivity index (χ0v) is 13.8. The van der Waals surface area contributed by atoms with Gasteiger partial charge in [0.1, 0.15) is 15.3 Å². The molecule has 0 aliphatic carbocycles. The number of carbonyl (C=O) groups excluding carboxylic acids is 1. The molecule has 2 N–H and O–H groups in total. The Hall–Kier alpha value is -0.870. The molecule has 0 aliphatic rings. The van der Waals surface area contributed by atoms with Crippen LogP contribution in [-0.4, -0.2) is 38.6 Å². The first-order valence-corrected chi connectivity index (χ1v) is 8.49. The fourth-order valence-electron chi connectivity index (χ4n) is 1.36. The van der Waals surface area contributed by atoms with Gasteiger partial charge in [-0.3, -0.25) is 9.59 Å². The van der Waals surface area contributed by atoms with Gasteiger partial charge in [-0.2, -0.15) is 4.72 Å². The van der Waals surface area contributed by atoms with E-state index in [9.17, 15) is 18.0 Å². The molecular formula is C10H11Cl2NO6S2. The molecule has 0 radical (unpaired) electrons. The lowest BCUT2D eigenvalue weighted by Crippen LogP contribution is -2.41. The fourth-order valence-corrected chi connectivity index (χ4v) is 4.73. The number of hydrogen-bond acceptors (Lipinski definition) is 6. The van der Waals surface area contributed by atoms with E-state index in [-0.39, 0.29) is 26.4 Å². The lowest BCUT2D eigenvalue weighted by atomic mass is 10.2. The monoisotopic (exact) mass is 375 g/mol. The van der Waals surface area contributed by atoms with Crippen molar-refractivity contribution in [3.05, 3.63) is 14.7 Å². The Morgan fingerprint density at radius 3 is 2.52 bits per heavy atom. The molecule has 1 aromatic rings. The maximum absolute atomic E-state index is 12.1. The van der Waals surface area contributed by atoms with Crippen LogP contribution in [-0.2, 0) is 24.3 Å². The molecule has 1 atom stereocenters. The van der Waals surface area contributed by atoms with Gasteiger partial charge in [-0.25, -0.2) is 8.42 Å². The van der Waals surface area contributed by atoms with Crippen molar-refractivity contribution in [2.45, 2.75) is 23.8 Å². The number of carboxylic acid groups (broad SMARTS) is 1. The summed E-state index contributed by atoms with van der Waals surface area (Å²) in [6, 6.07) is -0.361. The van der Waals surface area contributed by atoms with Gasteiger partial charge in [-0.05, 0) is 12.5 Å². The van der Waals surface area contributed by atoms with E-state index >= 15 is 0 Å². The van der Waals surface area contributed by atoms with Crippen LogP contribution in [0.3, 0.4) is 0 Å². The highest BCUT2D eigenvalue weighted by molar-refractivity contribution is 7.89. The first-order chi connectivity index (χ1) is 9.67. The van der Waals surface area contributed by atoms with E-state index in [1.54, 1.807) is 0 Å². The lowest BCUT2D eigenvalue weighted by molar-refractivity contribution is -0.142. The maximum atomic E-state index is 12.1. The Labute approximate surface area is 134 Å². The fraction of sp³-hybridized carbons (Fsp3) is 0.400. The molecule has 1 rings (SSSR count). The van der Waals surface area contributed by atoms with Gasteiger partial charge >= 0.3 is 11.9 Å². The number of nitrogens with one attached hydrogen (secondary N) is 1. The van der Waals surface area contributed by atoms with Crippen LogP contribution in [0.5, 0.6) is 0 Å². The van der Waals surface area contributed by atoms with Crippen LogP contribution in [0, 0.1) is 0 Å². The molecular weight excluding hydrogens is 365 g/mol. The second-order valence-electron chi connectivity index (χ2n) is 3.82. The molecule has 0 saturated heterocycles. The Bertz CT molecular complexity index is 642. The Kier molecular flexibility index (Phi) is 6.41.